The molecule has 2 saturated heterocycles. The molecule has 0 aliphatic carbocycles. The van der Waals surface area contributed by atoms with Gasteiger partial charge in [0.2, 0.25) is 5.91 Å². The summed E-state index contributed by atoms with van der Waals surface area (Å²) in [5, 5.41) is 12.4. The minimum Gasteiger partial charge on any atom is -0.475 e. The molecule has 0 bridgehead atoms. The topological polar surface area (TPSA) is 73.7 Å². The van der Waals surface area contributed by atoms with Gasteiger partial charge in [-0.15, -0.1) is 22.7 Å². The molecule has 0 aromatic carbocycles. The Morgan fingerprint density at radius 2 is 2.03 bits per heavy atom. The number of rotatable bonds is 4. The second kappa shape index (κ2) is 9.03. The van der Waals surface area contributed by atoms with E-state index in [-0.39, 0.29) is 5.41 Å². The van der Waals surface area contributed by atoms with E-state index in [1.165, 1.54) is 4.88 Å². The van der Waals surface area contributed by atoms with Crippen LogP contribution in [0.1, 0.15) is 28.4 Å². The van der Waals surface area contributed by atoms with Crippen LogP contribution in [0.4, 0.5) is 13.2 Å². The van der Waals surface area contributed by atoms with Gasteiger partial charge in [0.25, 0.3) is 0 Å². The Kier molecular flexibility index (Phi) is 6.83. The summed E-state index contributed by atoms with van der Waals surface area (Å²) >= 11 is 3.48. The van der Waals surface area contributed by atoms with Crippen LogP contribution in [0, 0.1) is 12.3 Å². The molecule has 4 heterocycles. The Bertz CT molecular complexity index is 885. The standard InChI is InChI=1S/C17H21N3OS2.C2HF3O2/c1-13-18-14(10-23-13)8-20-12-17(7-16(20)21)4-5-19(11-17)9-15-3-2-6-22-15;3-2(4,5)1(6)7/h2-3,6,10H,4-5,7-9,11-12H2,1H3;(H,6,7). The zero-order chi connectivity index (χ0) is 21.9. The number of likely N-dealkylation sites (tertiary alicyclic amines) is 2. The Labute approximate surface area is 179 Å². The van der Waals surface area contributed by atoms with Gasteiger partial charge < -0.3 is 10.0 Å². The van der Waals surface area contributed by atoms with E-state index in [0.717, 1.165) is 43.3 Å². The fourth-order valence-corrected chi connectivity index (χ4v) is 5.21. The van der Waals surface area contributed by atoms with E-state index in [2.05, 4.69) is 32.8 Å². The lowest BCUT2D eigenvalue weighted by molar-refractivity contribution is -0.192. The van der Waals surface area contributed by atoms with E-state index < -0.39 is 12.1 Å². The number of carbonyl (C=O) groups excluding carboxylic acids is 1. The summed E-state index contributed by atoms with van der Waals surface area (Å²) in [5.74, 6) is -2.46. The van der Waals surface area contributed by atoms with Gasteiger partial charge in [0.05, 0.1) is 17.2 Å². The van der Waals surface area contributed by atoms with Gasteiger partial charge in [0.15, 0.2) is 0 Å². The fraction of sp³-hybridized carbons (Fsp3) is 0.526. The smallest absolute Gasteiger partial charge is 0.475 e. The number of aryl methyl sites for hydroxylation is 1. The summed E-state index contributed by atoms with van der Waals surface area (Å²) in [6.45, 7) is 6.76. The molecule has 2 aromatic heterocycles. The maximum Gasteiger partial charge on any atom is 0.490 e. The number of thiazole rings is 1. The molecule has 30 heavy (non-hydrogen) atoms. The van der Waals surface area contributed by atoms with Crippen molar-refractivity contribution in [3.05, 3.63) is 38.5 Å². The van der Waals surface area contributed by atoms with Crippen molar-refractivity contribution in [2.75, 3.05) is 19.6 Å². The number of alkyl halides is 3. The average molecular weight is 462 g/mol. The zero-order valence-electron chi connectivity index (χ0n) is 16.3. The first-order valence-electron chi connectivity index (χ1n) is 9.30. The van der Waals surface area contributed by atoms with Gasteiger partial charge in [-0.05, 0) is 31.3 Å². The number of aromatic nitrogens is 1. The molecule has 11 heteroatoms. The largest absolute Gasteiger partial charge is 0.490 e. The summed E-state index contributed by atoms with van der Waals surface area (Å²) in [5.41, 5.74) is 1.20. The second-order valence-corrected chi connectivity index (χ2v) is 9.72. The third-order valence-corrected chi connectivity index (χ3v) is 6.83. The molecule has 164 valence electrons. The highest BCUT2D eigenvalue weighted by Crippen LogP contribution is 2.41. The highest BCUT2D eigenvalue weighted by atomic mass is 32.1. The number of aliphatic carboxylic acids is 1. The van der Waals surface area contributed by atoms with E-state index in [9.17, 15) is 18.0 Å². The molecule has 4 rings (SSSR count). The summed E-state index contributed by atoms with van der Waals surface area (Å²) in [6.07, 6.45) is -3.24. The average Bonchev–Trinajstić information content (AvgIpc) is 3.41. The van der Waals surface area contributed by atoms with Crippen LogP contribution in [0.25, 0.3) is 0 Å². The van der Waals surface area contributed by atoms with Gasteiger partial charge in [-0.25, -0.2) is 9.78 Å². The number of hydrogen-bond acceptors (Lipinski definition) is 6. The van der Waals surface area contributed by atoms with Crippen molar-refractivity contribution in [3.8, 4) is 0 Å². The quantitative estimate of drug-likeness (QED) is 0.750. The van der Waals surface area contributed by atoms with Gasteiger partial charge in [0, 0.05) is 41.7 Å². The molecule has 0 saturated carbocycles. The molecular formula is C19H22F3N3O3S2. The summed E-state index contributed by atoms with van der Waals surface area (Å²) in [7, 11) is 0. The Morgan fingerprint density at radius 3 is 2.60 bits per heavy atom. The highest BCUT2D eigenvalue weighted by Gasteiger charge is 2.47. The van der Waals surface area contributed by atoms with Crippen LogP contribution in [-0.4, -0.2) is 57.6 Å². The Hall–Kier alpha value is -1.98. The van der Waals surface area contributed by atoms with Crippen LogP contribution in [-0.2, 0) is 22.7 Å². The molecular weight excluding hydrogens is 439 g/mol. The number of halogens is 3. The normalized spacial score (nSPS) is 21.9. The van der Waals surface area contributed by atoms with Gasteiger partial charge >= 0.3 is 12.1 Å². The minimum atomic E-state index is -5.08. The van der Waals surface area contributed by atoms with Crippen molar-refractivity contribution < 1.29 is 27.9 Å². The van der Waals surface area contributed by atoms with Crippen LogP contribution < -0.4 is 0 Å². The van der Waals surface area contributed by atoms with Gasteiger partial charge in [-0.2, -0.15) is 13.2 Å². The maximum absolute atomic E-state index is 12.5. The van der Waals surface area contributed by atoms with Gasteiger partial charge in [-0.3, -0.25) is 9.69 Å². The number of carboxylic acid groups (broad SMARTS) is 1. The van der Waals surface area contributed by atoms with E-state index in [1.807, 2.05) is 23.2 Å². The fourth-order valence-electron chi connectivity index (χ4n) is 3.86. The summed E-state index contributed by atoms with van der Waals surface area (Å²) < 4.78 is 31.7. The lowest BCUT2D eigenvalue weighted by Crippen LogP contribution is -2.31. The lowest BCUT2D eigenvalue weighted by atomic mass is 9.86. The van der Waals surface area contributed by atoms with Crippen LogP contribution >= 0.6 is 22.7 Å². The Morgan fingerprint density at radius 1 is 1.30 bits per heavy atom. The first-order valence-corrected chi connectivity index (χ1v) is 11.1. The van der Waals surface area contributed by atoms with Crippen LogP contribution in [0.5, 0.6) is 0 Å². The highest BCUT2D eigenvalue weighted by molar-refractivity contribution is 7.10. The van der Waals surface area contributed by atoms with E-state index in [1.54, 1.807) is 11.3 Å². The first kappa shape index (κ1) is 22.7. The predicted molar refractivity (Wildman–Crippen MR) is 107 cm³/mol. The zero-order valence-corrected chi connectivity index (χ0v) is 17.9. The molecule has 1 atom stereocenters. The minimum absolute atomic E-state index is 0.166. The van der Waals surface area contributed by atoms with E-state index >= 15 is 0 Å². The predicted octanol–water partition coefficient (Wildman–Crippen LogP) is 3.77. The maximum atomic E-state index is 12.5. The van der Waals surface area contributed by atoms with Gasteiger partial charge in [0.1, 0.15) is 0 Å². The molecule has 1 spiro atoms. The third-order valence-electron chi connectivity index (χ3n) is 5.14. The van der Waals surface area contributed by atoms with Crippen LogP contribution in [0.15, 0.2) is 22.9 Å². The SMILES string of the molecule is Cc1nc(CN2CC3(CCN(Cc4cccs4)C3)CC2=O)cs1.O=C(O)C(F)(F)F. The second-order valence-electron chi connectivity index (χ2n) is 7.63. The molecule has 0 radical (unpaired) electrons. The number of hydrogen-bond donors (Lipinski definition) is 1. The van der Waals surface area contributed by atoms with E-state index in [0.29, 0.717) is 18.9 Å². The molecule has 2 aliphatic rings. The van der Waals surface area contributed by atoms with Crippen molar-refractivity contribution in [1.82, 2.24) is 14.8 Å². The first-order chi connectivity index (χ1) is 14.1. The molecule has 1 N–H and O–H groups in total. The van der Waals surface area contributed by atoms with Gasteiger partial charge in [-0.1, -0.05) is 6.07 Å². The molecule has 1 amide bonds. The van der Waals surface area contributed by atoms with Crippen molar-refractivity contribution in [3.63, 3.8) is 0 Å². The molecule has 2 fully saturated rings. The molecule has 2 aromatic rings. The number of thiophene rings is 1. The summed E-state index contributed by atoms with van der Waals surface area (Å²) in [6, 6.07) is 4.31. The van der Waals surface area contributed by atoms with Crippen molar-refractivity contribution in [2.45, 2.75) is 39.0 Å². The van der Waals surface area contributed by atoms with Crippen molar-refractivity contribution in [1.29, 1.82) is 0 Å². The third kappa shape index (κ3) is 5.79. The molecule has 2 aliphatic heterocycles. The lowest BCUT2D eigenvalue weighted by Gasteiger charge is -2.24. The van der Waals surface area contributed by atoms with Crippen LogP contribution in [0.2, 0.25) is 0 Å². The summed E-state index contributed by atoms with van der Waals surface area (Å²) in [4.78, 5) is 31.8. The monoisotopic (exact) mass is 461 g/mol. The number of carbonyl (C=O) groups is 2. The Balaban J connectivity index is 0.000000318. The van der Waals surface area contributed by atoms with Crippen LogP contribution in [0.3, 0.4) is 0 Å². The number of amides is 1. The van der Waals surface area contributed by atoms with Crippen molar-refractivity contribution >= 4 is 34.6 Å². The molecule has 6 nitrogen and oxygen atoms in total. The number of nitrogens with zero attached hydrogens (tertiary/aromatic N) is 3. The number of carboxylic acids is 1. The van der Waals surface area contributed by atoms with Crippen molar-refractivity contribution in [2.24, 2.45) is 5.41 Å². The molecule has 1 unspecified atom stereocenters. The van der Waals surface area contributed by atoms with E-state index in [4.69, 9.17) is 9.90 Å².